The van der Waals surface area contributed by atoms with Gasteiger partial charge in [-0.1, -0.05) is 30.3 Å². The number of carbonyl (C=O) groups is 1. The van der Waals surface area contributed by atoms with Gasteiger partial charge >= 0.3 is 0 Å². The molecule has 0 saturated carbocycles. The maximum absolute atomic E-state index is 13.5. The molecule has 0 bridgehead atoms. The Labute approximate surface area is 192 Å². The first kappa shape index (κ1) is 21.6. The number of carbonyl (C=O) groups excluding carboxylic acids is 1. The van der Waals surface area contributed by atoms with E-state index in [0.717, 1.165) is 16.8 Å². The number of pyridine rings is 2. The first-order valence-electron chi connectivity index (χ1n) is 11.3. The fourth-order valence-electron chi connectivity index (χ4n) is 5.57. The molecule has 4 atom stereocenters. The van der Waals surface area contributed by atoms with Gasteiger partial charge < -0.3 is 14.6 Å². The van der Waals surface area contributed by atoms with Crippen LogP contribution in [0.3, 0.4) is 0 Å². The lowest BCUT2D eigenvalue weighted by Crippen LogP contribution is -2.47. The van der Waals surface area contributed by atoms with Crippen LogP contribution in [0.25, 0.3) is 11.1 Å². The summed E-state index contributed by atoms with van der Waals surface area (Å²) in [6.07, 6.45) is 3.37. The number of nitrogens with zero attached hydrogens (tertiary/aromatic N) is 4. The third-order valence-corrected chi connectivity index (χ3v) is 7.08. The summed E-state index contributed by atoms with van der Waals surface area (Å²) in [5, 5.41) is 10.4. The van der Waals surface area contributed by atoms with E-state index in [1.54, 1.807) is 31.4 Å². The Hall–Kier alpha value is -3.29. The lowest BCUT2D eigenvalue weighted by Gasteiger charge is -2.32. The molecule has 0 radical (unpaired) electrons. The average molecular weight is 445 g/mol. The van der Waals surface area contributed by atoms with E-state index in [1.807, 2.05) is 59.2 Å². The van der Waals surface area contributed by atoms with Gasteiger partial charge in [-0.25, -0.2) is 0 Å². The molecule has 2 aromatic heterocycles. The molecule has 2 aliphatic rings. The molecule has 2 aliphatic heterocycles. The Morgan fingerprint density at radius 2 is 1.82 bits per heavy atom. The molecule has 1 amide bonds. The van der Waals surface area contributed by atoms with Gasteiger partial charge in [-0.2, -0.15) is 0 Å². The van der Waals surface area contributed by atoms with E-state index < -0.39 is 6.04 Å². The normalized spacial score (nSPS) is 23.8. The number of rotatable bonds is 5. The van der Waals surface area contributed by atoms with Crippen LogP contribution >= 0.6 is 0 Å². The van der Waals surface area contributed by atoms with Crippen LogP contribution in [-0.4, -0.2) is 57.1 Å². The molecule has 4 heterocycles. The van der Waals surface area contributed by atoms with Crippen molar-refractivity contribution in [3.63, 3.8) is 0 Å². The second kappa shape index (κ2) is 8.57. The summed E-state index contributed by atoms with van der Waals surface area (Å²) < 4.78 is 1.84. The lowest BCUT2D eigenvalue weighted by molar-refractivity contribution is -0.136. The first-order chi connectivity index (χ1) is 16.0. The second-order valence-corrected chi connectivity index (χ2v) is 9.11. The van der Waals surface area contributed by atoms with Crippen molar-refractivity contribution in [2.24, 2.45) is 11.8 Å². The van der Waals surface area contributed by atoms with Gasteiger partial charge in [-0.15, -0.1) is 0 Å². The van der Waals surface area contributed by atoms with E-state index >= 15 is 0 Å². The molecule has 5 rings (SSSR count). The zero-order valence-corrected chi connectivity index (χ0v) is 18.8. The van der Waals surface area contributed by atoms with Crippen LogP contribution in [-0.2, 0) is 17.9 Å². The maximum Gasteiger partial charge on any atom is 0.258 e. The minimum Gasteiger partial charge on any atom is -0.396 e. The first-order valence-corrected chi connectivity index (χ1v) is 11.3. The number of fused-ring (bicyclic) bond motifs is 3. The second-order valence-electron chi connectivity index (χ2n) is 9.11. The summed E-state index contributed by atoms with van der Waals surface area (Å²) in [5.74, 6) is -0.285. The standard InChI is InChI=1S/C26H28N4O3/c1-28(2)26(33)24-21(16-31)20-15-29-22(23(20)30(24)14-17-6-4-3-5-7-17)9-8-19(25(29)32)18-10-12-27-13-11-18/h3-13,20-21,23-24,31H,14-16H2,1-2H3/t20-,21-,23+,24-/m1/s1. The van der Waals surface area contributed by atoms with E-state index in [1.165, 1.54) is 0 Å². The van der Waals surface area contributed by atoms with Crippen molar-refractivity contribution in [3.8, 4) is 11.1 Å². The monoisotopic (exact) mass is 444 g/mol. The highest BCUT2D eigenvalue weighted by molar-refractivity contribution is 5.82. The summed E-state index contributed by atoms with van der Waals surface area (Å²) in [4.78, 5) is 34.6. The van der Waals surface area contributed by atoms with Crippen LogP contribution in [0.1, 0.15) is 17.3 Å². The van der Waals surface area contributed by atoms with E-state index in [0.29, 0.717) is 18.7 Å². The summed E-state index contributed by atoms with van der Waals surface area (Å²) in [6, 6.07) is 17.1. The van der Waals surface area contributed by atoms with E-state index in [-0.39, 0.29) is 36.0 Å². The Morgan fingerprint density at radius 1 is 1.09 bits per heavy atom. The summed E-state index contributed by atoms with van der Waals surface area (Å²) in [5.41, 5.74) is 3.44. The lowest BCUT2D eigenvalue weighted by atomic mass is 9.88. The molecule has 7 heteroatoms. The van der Waals surface area contributed by atoms with Gasteiger partial charge in [0.15, 0.2) is 0 Å². The smallest absolute Gasteiger partial charge is 0.258 e. The molecule has 1 fully saturated rings. The SMILES string of the molecule is CN(C)C(=O)[C@H]1[C@H](CO)[C@H]2Cn3c(ccc(-c4ccncc4)c3=O)[C@H]2N1Cc1ccccc1. The van der Waals surface area contributed by atoms with Crippen LogP contribution in [0.4, 0.5) is 0 Å². The van der Waals surface area contributed by atoms with E-state index in [9.17, 15) is 14.7 Å². The van der Waals surface area contributed by atoms with Gasteiger partial charge in [0, 0.05) is 69.3 Å². The summed E-state index contributed by atoms with van der Waals surface area (Å²) >= 11 is 0. The molecule has 170 valence electrons. The van der Waals surface area contributed by atoms with Crippen LogP contribution in [0.5, 0.6) is 0 Å². The van der Waals surface area contributed by atoms with Crippen LogP contribution < -0.4 is 5.56 Å². The number of aliphatic hydroxyl groups excluding tert-OH is 1. The van der Waals surface area contributed by atoms with Crippen LogP contribution in [0.2, 0.25) is 0 Å². The quantitative estimate of drug-likeness (QED) is 0.653. The van der Waals surface area contributed by atoms with Crippen molar-refractivity contribution < 1.29 is 9.90 Å². The maximum atomic E-state index is 13.5. The van der Waals surface area contributed by atoms with Gasteiger partial charge in [-0.3, -0.25) is 19.5 Å². The minimum absolute atomic E-state index is 0.0123. The fraction of sp³-hybridized carbons (Fsp3) is 0.346. The number of amides is 1. The third-order valence-electron chi connectivity index (χ3n) is 7.08. The molecule has 1 aromatic carbocycles. The number of aromatic nitrogens is 2. The zero-order chi connectivity index (χ0) is 23.1. The molecule has 3 aromatic rings. The van der Waals surface area contributed by atoms with E-state index in [2.05, 4.69) is 9.88 Å². The molecule has 0 aliphatic carbocycles. The van der Waals surface area contributed by atoms with Crippen molar-refractivity contribution >= 4 is 5.91 Å². The predicted molar refractivity (Wildman–Crippen MR) is 125 cm³/mol. The topological polar surface area (TPSA) is 78.7 Å². The van der Waals surface area contributed by atoms with Gasteiger partial charge in [0.05, 0.1) is 12.1 Å². The van der Waals surface area contributed by atoms with Crippen molar-refractivity contribution in [1.29, 1.82) is 0 Å². The number of benzene rings is 1. The average Bonchev–Trinajstić information content (AvgIpc) is 3.35. The molecular formula is C26H28N4O3. The van der Waals surface area contributed by atoms with Gasteiger partial charge in [-0.05, 0) is 35.4 Å². The molecule has 0 spiro atoms. The van der Waals surface area contributed by atoms with Crippen molar-refractivity contribution in [2.45, 2.75) is 25.2 Å². The number of aliphatic hydroxyl groups is 1. The Morgan fingerprint density at radius 3 is 2.48 bits per heavy atom. The number of hydrogen-bond donors (Lipinski definition) is 1. The van der Waals surface area contributed by atoms with Crippen molar-refractivity contribution in [3.05, 3.63) is 88.6 Å². The third kappa shape index (κ3) is 3.57. The Kier molecular flexibility index (Phi) is 5.60. The molecule has 33 heavy (non-hydrogen) atoms. The molecule has 7 nitrogen and oxygen atoms in total. The van der Waals surface area contributed by atoms with E-state index in [4.69, 9.17) is 0 Å². The fourth-order valence-corrected chi connectivity index (χ4v) is 5.57. The summed E-state index contributed by atoms with van der Waals surface area (Å²) in [6.45, 7) is 0.963. The Balaban J connectivity index is 1.60. The highest BCUT2D eigenvalue weighted by atomic mass is 16.3. The molecule has 1 N–H and O–H groups in total. The van der Waals surface area contributed by atoms with Gasteiger partial charge in [0.2, 0.25) is 5.91 Å². The predicted octanol–water partition coefficient (Wildman–Crippen LogP) is 2.16. The number of likely N-dealkylation sites (N-methyl/N-ethyl adjacent to an activating group) is 1. The Bertz CT molecular complexity index is 1210. The number of hydrogen-bond acceptors (Lipinski definition) is 5. The molecule has 0 unspecified atom stereocenters. The van der Waals surface area contributed by atoms with Crippen LogP contribution in [0, 0.1) is 11.8 Å². The van der Waals surface area contributed by atoms with Crippen LogP contribution in [0.15, 0.2) is 71.8 Å². The van der Waals surface area contributed by atoms with Crippen molar-refractivity contribution in [2.75, 3.05) is 20.7 Å². The summed E-state index contributed by atoms with van der Waals surface area (Å²) in [7, 11) is 3.51. The molecule has 1 saturated heterocycles. The van der Waals surface area contributed by atoms with Gasteiger partial charge in [0.1, 0.15) is 0 Å². The molecular weight excluding hydrogens is 416 g/mol. The minimum atomic E-state index is -0.441. The highest BCUT2D eigenvalue weighted by Gasteiger charge is 2.55. The van der Waals surface area contributed by atoms with Gasteiger partial charge in [0.25, 0.3) is 5.56 Å². The largest absolute Gasteiger partial charge is 0.396 e. The number of likely N-dealkylation sites (tertiary alicyclic amines) is 1. The van der Waals surface area contributed by atoms with Crippen molar-refractivity contribution in [1.82, 2.24) is 19.4 Å². The zero-order valence-electron chi connectivity index (χ0n) is 18.8. The highest BCUT2D eigenvalue weighted by Crippen LogP contribution is 2.50.